The van der Waals surface area contributed by atoms with Crippen molar-refractivity contribution in [2.24, 2.45) is 0 Å². The van der Waals surface area contributed by atoms with Crippen LogP contribution in [0.25, 0.3) is 0 Å². The summed E-state index contributed by atoms with van der Waals surface area (Å²) >= 11 is 1.79. The number of halogens is 1. The molecule has 0 aromatic rings. The normalized spacial score (nSPS) is 24.9. The van der Waals surface area contributed by atoms with Crippen LogP contribution in [-0.2, 0) is 4.79 Å². The zero-order valence-electron chi connectivity index (χ0n) is 5.85. The van der Waals surface area contributed by atoms with E-state index in [1.54, 1.807) is 0 Å². The van der Waals surface area contributed by atoms with E-state index in [1.165, 1.54) is 23.1 Å². The average molecular weight is 305 g/mol. The van der Waals surface area contributed by atoms with Gasteiger partial charge in [0.1, 0.15) is 0 Å². The number of hydrogen-bond donors (Lipinski definition) is 0. The summed E-state index contributed by atoms with van der Waals surface area (Å²) in [5.41, 5.74) is 0. The molecule has 1 rings (SSSR count). The third-order valence-corrected chi connectivity index (χ3v) is 15.9. The third-order valence-electron chi connectivity index (χ3n) is 2.00. The van der Waals surface area contributed by atoms with Gasteiger partial charge in [-0.1, -0.05) is 0 Å². The van der Waals surface area contributed by atoms with Crippen molar-refractivity contribution in [1.82, 2.24) is 0 Å². The molecule has 0 aromatic heterocycles. The van der Waals surface area contributed by atoms with E-state index >= 15 is 0 Å². The van der Waals surface area contributed by atoms with Gasteiger partial charge in [-0.05, 0) is 0 Å². The predicted octanol–water partition coefficient (Wildman–Crippen LogP) is 1.87. The van der Waals surface area contributed by atoms with Crippen molar-refractivity contribution in [2.45, 2.75) is 19.6 Å². The zero-order chi connectivity index (χ0) is 7.56. The molecule has 3 heteroatoms. The van der Waals surface area contributed by atoms with E-state index in [-0.39, 0.29) is 0 Å². The monoisotopic (exact) mass is 304 g/mol. The Morgan fingerprint density at radius 1 is 1.80 bits per heavy atom. The van der Waals surface area contributed by atoms with Gasteiger partial charge < -0.3 is 0 Å². The van der Waals surface area contributed by atoms with Gasteiger partial charge >= 0.3 is 78.0 Å². The molecule has 1 atom stereocenters. The van der Waals surface area contributed by atoms with Crippen LogP contribution >= 0.6 is 15.9 Å². The first-order valence-electron chi connectivity index (χ1n) is 3.56. The summed E-state index contributed by atoms with van der Waals surface area (Å²) in [6.45, 7) is 3.52. The van der Waals surface area contributed by atoms with Crippen LogP contribution < -0.4 is 0 Å². The molecule has 0 saturated carbocycles. The summed E-state index contributed by atoms with van der Waals surface area (Å²) in [5, 5.41) is 0. The van der Waals surface area contributed by atoms with Crippen molar-refractivity contribution < 1.29 is 4.79 Å². The van der Waals surface area contributed by atoms with E-state index < -0.39 is 21.4 Å². The number of alkyl halides is 1. The fourth-order valence-electron chi connectivity index (χ4n) is 1.39. The molecule has 0 aliphatic carbocycles. The molecule has 1 fully saturated rings. The molecule has 54 valence electrons. The topological polar surface area (TPSA) is 17.1 Å². The van der Waals surface area contributed by atoms with E-state index in [4.69, 9.17) is 0 Å². The van der Waals surface area contributed by atoms with Crippen LogP contribution in [0.5, 0.6) is 0 Å². The second-order valence-corrected chi connectivity index (χ2v) is 15.7. The quantitative estimate of drug-likeness (QED) is 0.562. The Balaban J connectivity index is 2.54. The molecule has 0 aromatic carbocycles. The van der Waals surface area contributed by atoms with Gasteiger partial charge in [0.15, 0.2) is 0 Å². The molecule has 0 radical (unpaired) electrons. The first kappa shape index (κ1) is 8.85. The van der Waals surface area contributed by atoms with Crippen molar-refractivity contribution in [1.29, 1.82) is 0 Å². The maximum absolute atomic E-state index is 11.2. The number of hydrogen-bond acceptors (Lipinski definition) is 1. The van der Waals surface area contributed by atoms with E-state index in [9.17, 15) is 4.79 Å². The van der Waals surface area contributed by atoms with Crippen molar-refractivity contribution in [3.63, 3.8) is 0 Å². The number of allylic oxidation sites excluding steroid dienone is 1. The predicted molar refractivity (Wildman–Crippen MR) is 47.7 cm³/mol. The molecular weight excluding hydrogens is 295 g/mol. The van der Waals surface area contributed by atoms with Gasteiger partial charge in [0, 0.05) is 0 Å². The maximum atomic E-state index is 11.2. The first-order valence-corrected chi connectivity index (χ1v) is 10.4. The van der Waals surface area contributed by atoms with Gasteiger partial charge in [0.2, 0.25) is 0 Å². The molecule has 1 unspecified atom stereocenters. The molecule has 10 heavy (non-hydrogen) atoms. The van der Waals surface area contributed by atoms with Crippen molar-refractivity contribution in [3.8, 4) is 0 Å². The molecule has 1 heterocycles. The van der Waals surface area contributed by atoms with Gasteiger partial charge in [-0.3, -0.25) is 0 Å². The SMILES string of the molecule is C=C[C](=O)[In]1[CH2]CC[CH]1Br. The van der Waals surface area contributed by atoms with E-state index in [1.807, 2.05) is 0 Å². The molecule has 0 spiro atoms. The van der Waals surface area contributed by atoms with Crippen molar-refractivity contribution >= 4 is 40.9 Å². The number of carbonyl (C=O) groups is 1. The van der Waals surface area contributed by atoms with E-state index in [0.29, 0.717) is 6.12 Å². The summed E-state index contributed by atoms with van der Waals surface area (Å²) in [6, 6.07) is 0. The van der Waals surface area contributed by atoms with Crippen LogP contribution in [0.4, 0.5) is 0 Å². The van der Waals surface area contributed by atoms with Crippen molar-refractivity contribution in [3.05, 3.63) is 12.7 Å². The Hall–Kier alpha value is 0.760. The second kappa shape index (κ2) is 3.96. The molecule has 1 aliphatic rings. The summed E-state index contributed by atoms with van der Waals surface area (Å²) in [7, 11) is 0. The second-order valence-electron chi connectivity index (χ2n) is 2.66. The molecule has 1 saturated heterocycles. The van der Waals surface area contributed by atoms with Crippen LogP contribution in [0.15, 0.2) is 12.7 Å². The van der Waals surface area contributed by atoms with Crippen LogP contribution in [-0.4, -0.2) is 27.6 Å². The van der Waals surface area contributed by atoms with Gasteiger partial charge in [0.25, 0.3) is 0 Å². The molecule has 0 N–H and O–H groups in total. The van der Waals surface area contributed by atoms with Crippen LogP contribution in [0.3, 0.4) is 0 Å². The number of carbonyl (C=O) groups excluding carboxylic acids is 1. The Labute approximate surface area is 77.5 Å². The fraction of sp³-hybridized carbons (Fsp3) is 0.571. The molecule has 1 aliphatic heterocycles. The standard InChI is InChI=1S/C4H7Br.C3H3O.In/c1-2-3-4-5;1-2-3-4;/h4H,1-3H2;2H,1H2;. The average Bonchev–Trinajstić information content (AvgIpc) is 2.34. The molecular formula is C7H10BrInO. The minimum absolute atomic E-state index is 0.404. The van der Waals surface area contributed by atoms with Gasteiger partial charge in [-0.15, -0.1) is 0 Å². The first-order chi connectivity index (χ1) is 4.75. The Bertz CT molecular complexity index is 158. The van der Waals surface area contributed by atoms with Crippen LogP contribution in [0, 0.1) is 0 Å². The third kappa shape index (κ3) is 1.88. The van der Waals surface area contributed by atoms with Gasteiger partial charge in [-0.2, -0.15) is 0 Å². The fourth-order valence-corrected chi connectivity index (χ4v) is 12.7. The van der Waals surface area contributed by atoms with Gasteiger partial charge in [0.05, 0.1) is 0 Å². The molecule has 0 bridgehead atoms. The summed E-state index contributed by atoms with van der Waals surface area (Å²) in [6.07, 6.45) is 4.01. The van der Waals surface area contributed by atoms with Gasteiger partial charge in [-0.25, -0.2) is 0 Å². The van der Waals surface area contributed by atoms with Crippen molar-refractivity contribution in [2.75, 3.05) is 0 Å². The molecule has 0 amide bonds. The van der Waals surface area contributed by atoms with Crippen LogP contribution in [0.2, 0.25) is 4.18 Å². The Morgan fingerprint density at radius 3 is 2.90 bits per heavy atom. The Kier molecular flexibility index (Phi) is 3.50. The van der Waals surface area contributed by atoms with E-state index in [2.05, 4.69) is 22.5 Å². The van der Waals surface area contributed by atoms with E-state index in [0.717, 1.165) is 0 Å². The zero-order valence-corrected chi connectivity index (χ0v) is 10.7. The summed E-state index contributed by atoms with van der Waals surface area (Å²) in [5.74, 6) is 0. The molecule has 1 nitrogen and oxygen atoms in total. The Morgan fingerprint density at radius 2 is 2.50 bits per heavy atom. The number of rotatable bonds is 2. The summed E-state index contributed by atoms with van der Waals surface area (Å²) < 4.78 is 2.25. The van der Waals surface area contributed by atoms with Crippen LogP contribution in [0.1, 0.15) is 12.8 Å². The minimum atomic E-state index is -1.78. The summed E-state index contributed by atoms with van der Waals surface area (Å²) in [4.78, 5) is 11.2.